The molecule has 106 heavy (non-hydrogen) atoms. The minimum atomic E-state index is -3.79. The molecular weight excluding hydrogens is 1370 g/mol. The highest BCUT2D eigenvalue weighted by molar-refractivity contribution is 5.87. The zero-order valence-corrected chi connectivity index (χ0v) is 71.2. The van der Waals surface area contributed by atoms with Gasteiger partial charge in [-0.25, -0.2) is 39.5 Å². The van der Waals surface area contributed by atoms with Crippen LogP contribution in [-0.2, 0) is 9.53 Å². The number of Topliss-reactive ketones (excluding diaryl/α,β-unsaturated/α-hetero) is 1. The Kier molecular flexibility index (Phi) is 47.3. The number of alkyl halides is 13. The van der Waals surface area contributed by atoms with E-state index >= 15 is 0 Å². The molecule has 3 atom stereocenters. The van der Waals surface area contributed by atoms with Crippen molar-refractivity contribution in [2.75, 3.05) is 13.2 Å². The topological polar surface area (TPSA) is 26.3 Å². The maximum atomic E-state index is 13.2. The van der Waals surface area contributed by atoms with E-state index in [4.69, 9.17) is 4.74 Å². The van der Waals surface area contributed by atoms with Gasteiger partial charge in [0.1, 0.15) is 35.1 Å². The Morgan fingerprint density at radius 3 is 1.10 bits per heavy atom. The lowest BCUT2D eigenvalue weighted by Crippen LogP contribution is -2.49. The van der Waals surface area contributed by atoms with Gasteiger partial charge in [-0.2, -0.15) is 17.6 Å². The average molecular weight is 1530 g/mol. The number of hydrogen-bond acceptors (Lipinski definition) is 2. The van der Waals surface area contributed by atoms with E-state index in [2.05, 4.69) is 133 Å². The van der Waals surface area contributed by atoms with Gasteiger partial charge in [0.05, 0.1) is 0 Å². The van der Waals surface area contributed by atoms with E-state index in [-0.39, 0.29) is 55.6 Å². The highest BCUT2D eigenvalue weighted by atomic mass is 19.3. The number of hydrogen-bond donors (Lipinski definition) is 0. The van der Waals surface area contributed by atoms with E-state index in [0.717, 1.165) is 92.7 Å². The second-order valence-electron chi connectivity index (χ2n) is 38.8. The number of ketones is 1. The number of carbonyl (C=O) groups excluding carboxylic acids is 1. The van der Waals surface area contributed by atoms with Gasteiger partial charge in [0.25, 0.3) is 5.92 Å². The third kappa shape index (κ3) is 44.8. The van der Waals surface area contributed by atoms with E-state index < -0.39 is 84.6 Å². The summed E-state index contributed by atoms with van der Waals surface area (Å²) in [6.07, 6.45) is 25.9. The zero-order valence-electron chi connectivity index (χ0n) is 71.2. The highest BCUT2D eigenvalue weighted by Gasteiger charge is 2.63. The van der Waals surface area contributed by atoms with E-state index in [1.54, 1.807) is 0 Å². The molecule has 0 aromatic heterocycles. The predicted octanol–water partition coefficient (Wildman–Crippen LogP) is 31.3. The van der Waals surface area contributed by atoms with Crippen LogP contribution in [0.2, 0.25) is 0 Å². The number of benzene rings is 1. The third-order valence-electron chi connectivity index (χ3n) is 22.2. The second-order valence-corrected chi connectivity index (χ2v) is 38.8. The van der Waals surface area contributed by atoms with Crippen LogP contribution in [0.5, 0.6) is 0 Å². The number of rotatable bonds is 19. The molecule has 9 aliphatic carbocycles. The Balaban J connectivity index is 0.000000585. The molecule has 1 aliphatic heterocycles. The number of ether oxygens (including phenoxy) is 1. The molecule has 0 bridgehead atoms. The van der Waals surface area contributed by atoms with Crippen molar-refractivity contribution in [2.45, 2.75) is 410 Å². The van der Waals surface area contributed by atoms with Gasteiger partial charge in [-0.15, -0.1) is 0 Å². The Labute approximate surface area is 641 Å². The first kappa shape index (κ1) is 102. The van der Waals surface area contributed by atoms with Crippen molar-refractivity contribution in [1.29, 1.82) is 0 Å². The molecule has 0 N–H and O–H groups in total. The Hall–Kier alpha value is -2.32. The lowest BCUT2D eigenvalue weighted by atomic mass is 9.73. The van der Waals surface area contributed by atoms with Gasteiger partial charge in [0, 0.05) is 64.6 Å². The average Bonchev–Trinajstić information content (AvgIpc) is 1.15. The van der Waals surface area contributed by atoms with E-state index in [0.29, 0.717) is 61.2 Å². The summed E-state index contributed by atoms with van der Waals surface area (Å²) in [4.78, 5) is 10.5. The summed E-state index contributed by atoms with van der Waals surface area (Å²) in [6, 6.07) is 10.5. The van der Waals surface area contributed by atoms with Crippen LogP contribution in [0.15, 0.2) is 42.5 Å². The minimum absolute atomic E-state index is 0.0724. The van der Waals surface area contributed by atoms with Crippen molar-refractivity contribution in [3.8, 4) is 0 Å². The summed E-state index contributed by atoms with van der Waals surface area (Å²) in [5.74, 6) is -2.11. The molecule has 1 heterocycles. The van der Waals surface area contributed by atoms with Crippen LogP contribution in [0.25, 0.3) is 0 Å². The number of carbonyl (C=O) groups is 1. The monoisotopic (exact) mass is 1530 g/mol. The Morgan fingerprint density at radius 1 is 0.415 bits per heavy atom. The zero-order chi connectivity index (χ0) is 81.2. The predicted molar refractivity (Wildman–Crippen MR) is 423 cm³/mol. The van der Waals surface area contributed by atoms with Gasteiger partial charge >= 0.3 is 11.8 Å². The highest BCUT2D eigenvalue weighted by Crippen LogP contribution is 2.53. The maximum Gasteiger partial charge on any atom is 0.310 e. The molecule has 3 unspecified atom stereocenters. The molecule has 626 valence electrons. The first-order valence-corrected chi connectivity index (χ1v) is 42.5. The smallest absolute Gasteiger partial charge is 0.310 e. The van der Waals surface area contributed by atoms with Crippen molar-refractivity contribution in [1.82, 2.24) is 0 Å². The summed E-state index contributed by atoms with van der Waals surface area (Å²) < 4.78 is 170. The molecule has 2 nitrogen and oxygen atoms in total. The molecule has 1 aromatic carbocycles. The summed E-state index contributed by atoms with van der Waals surface area (Å²) in [7, 11) is 0. The SMILES string of the molecule is CC(C)C1(F)CCC1.CC(C)C1CCC1.CC(C)CC1(F)CC(=O)C1.CC(C)CC1(F)CC(F)(F)C1.CC(C)CC1CC(F)(F)C(F)(F)C1.CC(C)CC1CC(F)(F)C1.CC(C)CC1CC(F)C(F)C1.CC(C)CC1CC=CC1.CC(C)CC1CCCC1.CC(C)CC1CCOC1.CC(C)c1ccccc1. The first-order chi connectivity index (χ1) is 48.8. The van der Waals surface area contributed by atoms with Gasteiger partial charge in [-0.3, -0.25) is 4.79 Å². The van der Waals surface area contributed by atoms with Gasteiger partial charge in [-0.05, 0) is 215 Å². The summed E-state index contributed by atoms with van der Waals surface area (Å²) in [6.45, 7) is 48.5. The van der Waals surface area contributed by atoms with Crippen LogP contribution in [0.3, 0.4) is 0 Å². The van der Waals surface area contributed by atoms with Gasteiger partial charge in [-0.1, -0.05) is 240 Å². The molecular formula is C91H159F13O2. The van der Waals surface area contributed by atoms with Crippen LogP contribution in [0.4, 0.5) is 57.1 Å². The van der Waals surface area contributed by atoms with Crippen molar-refractivity contribution >= 4 is 5.78 Å². The first-order valence-electron chi connectivity index (χ1n) is 42.5. The lowest BCUT2D eigenvalue weighted by molar-refractivity contribution is -0.185. The van der Waals surface area contributed by atoms with Crippen molar-refractivity contribution in [2.24, 2.45) is 101 Å². The Morgan fingerprint density at radius 2 is 0.811 bits per heavy atom. The molecule has 1 aromatic rings. The van der Waals surface area contributed by atoms with Crippen molar-refractivity contribution < 1.29 is 66.6 Å². The Bertz CT molecular complexity index is 2310. The van der Waals surface area contributed by atoms with Crippen LogP contribution in [0.1, 0.15) is 363 Å². The summed E-state index contributed by atoms with van der Waals surface area (Å²) in [5, 5.41) is 0. The fraction of sp³-hybridized carbons (Fsp3) is 0.901. The molecule has 10 aliphatic rings. The number of halogens is 13. The van der Waals surface area contributed by atoms with Gasteiger partial charge in [0.2, 0.25) is 5.92 Å². The van der Waals surface area contributed by atoms with E-state index in [9.17, 15) is 61.9 Å². The molecule has 1 saturated heterocycles. The van der Waals surface area contributed by atoms with Crippen LogP contribution < -0.4 is 0 Å². The molecule has 0 spiro atoms. The fourth-order valence-electron chi connectivity index (χ4n) is 16.6. The quantitative estimate of drug-likeness (QED) is 0.102. The minimum Gasteiger partial charge on any atom is -0.381 e. The molecule has 0 amide bonds. The van der Waals surface area contributed by atoms with Gasteiger partial charge in [0.15, 0.2) is 0 Å². The van der Waals surface area contributed by atoms with Crippen molar-refractivity contribution in [3.63, 3.8) is 0 Å². The third-order valence-corrected chi connectivity index (χ3v) is 22.2. The normalized spacial score (nSPS) is 24.8. The number of allylic oxidation sites excluding steroid dienone is 2. The lowest BCUT2D eigenvalue weighted by Gasteiger charge is -2.41. The second kappa shape index (κ2) is 49.3. The molecule has 15 heteroatoms. The van der Waals surface area contributed by atoms with Crippen molar-refractivity contribution in [3.05, 3.63) is 48.0 Å². The molecule has 0 radical (unpaired) electrons. The van der Waals surface area contributed by atoms with E-state index in [1.165, 1.54) is 89.0 Å². The molecule has 9 fully saturated rings. The van der Waals surface area contributed by atoms with Crippen LogP contribution in [0, 0.1) is 101 Å². The largest absolute Gasteiger partial charge is 0.381 e. The summed E-state index contributed by atoms with van der Waals surface area (Å²) in [5.41, 5.74) is -2.07. The fourth-order valence-corrected chi connectivity index (χ4v) is 16.6. The maximum absolute atomic E-state index is 13.2. The van der Waals surface area contributed by atoms with Crippen LogP contribution >= 0.6 is 0 Å². The standard InChI is InChI=1S/C9H14F4.C9H16F2.C9H18.C9H16.C9H12.C8H13F3.C8H14F2.C8H13FO.C8H16O.C7H13F.C7H14/c1-6(2)3-7-4-8(10,11)9(12,13)5-7;1-6(2)3-7-4-8(10)9(11)5-7;2*1-8(2)7-9-5-3-4-6-9;1-8(2)9-6-4-3-5-7-9;1-6(2)3-7(9)4-8(10,11)5-7;1-6(2)3-7-4-8(9,10)5-7;1-6(2)3-8(9)4-7(10)5-8;1-7(2)5-8-3-4-9-6-8;1-6(2)7(8)4-3-5-7;1-6(2)7-4-3-5-7/h6-7H,3-5H2,1-2H3;6-9H,3-5H2,1-2H3;8-9H,3-7H2,1-2H3;3-4,8-9H,5-7H2,1-2H3;3-8H,1-2H3;6H,3-5H2,1-2H3;6-7H,3-5H2,1-2H3;6H,3-5H2,1-2H3;7-8H,3-6H2,1-2H3;6H,3-5H2,1-2H3;6-7H,3-5H2,1-2H3. The summed E-state index contributed by atoms with van der Waals surface area (Å²) >= 11 is 0. The van der Waals surface area contributed by atoms with Gasteiger partial charge < -0.3 is 4.74 Å². The molecule has 11 rings (SSSR count). The molecule has 8 saturated carbocycles. The van der Waals surface area contributed by atoms with E-state index in [1.807, 2.05) is 61.5 Å². The van der Waals surface area contributed by atoms with Crippen LogP contribution in [-0.4, -0.2) is 72.0 Å².